The van der Waals surface area contributed by atoms with E-state index in [2.05, 4.69) is 27.5 Å². The fourth-order valence-corrected chi connectivity index (χ4v) is 2.25. The number of aromatic carboxylic acids is 1. The van der Waals surface area contributed by atoms with Crippen LogP contribution in [-0.4, -0.2) is 62.6 Å². The highest BCUT2D eigenvalue weighted by Gasteiger charge is 2.18. The van der Waals surface area contributed by atoms with E-state index in [1.807, 2.05) is 0 Å². The molecule has 1 aliphatic heterocycles. The van der Waals surface area contributed by atoms with Crippen LogP contribution >= 0.6 is 0 Å². The minimum Gasteiger partial charge on any atom is -0.476 e. The Morgan fingerprint density at radius 2 is 2.15 bits per heavy atom. The van der Waals surface area contributed by atoms with Crippen molar-refractivity contribution in [1.29, 1.82) is 0 Å². The second kappa shape index (κ2) is 6.47. The summed E-state index contributed by atoms with van der Waals surface area (Å²) >= 11 is 0. The molecule has 1 aromatic rings. The fraction of sp³-hybridized carbons (Fsp3) is 0.667. The van der Waals surface area contributed by atoms with Crippen LogP contribution in [0.5, 0.6) is 0 Å². The SMILES string of the molecule is CC(CNC(=O)Cn1cc(C(=O)O)nn1)N1CCCC1. The molecule has 2 rings (SSSR count). The molecule has 0 spiro atoms. The number of likely N-dealkylation sites (tertiary alicyclic amines) is 1. The smallest absolute Gasteiger partial charge is 0.358 e. The second-order valence-corrected chi connectivity index (χ2v) is 5.00. The van der Waals surface area contributed by atoms with Gasteiger partial charge in [0, 0.05) is 12.6 Å². The Balaban J connectivity index is 1.75. The first-order valence-electron chi connectivity index (χ1n) is 6.70. The maximum atomic E-state index is 11.7. The van der Waals surface area contributed by atoms with E-state index >= 15 is 0 Å². The number of carbonyl (C=O) groups excluding carboxylic acids is 1. The highest BCUT2D eigenvalue weighted by atomic mass is 16.4. The zero-order valence-electron chi connectivity index (χ0n) is 11.4. The number of rotatable bonds is 6. The number of hydrogen-bond acceptors (Lipinski definition) is 5. The Hall–Kier alpha value is -1.96. The first kappa shape index (κ1) is 14.4. The Kier molecular flexibility index (Phi) is 4.67. The lowest BCUT2D eigenvalue weighted by molar-refractivity contribution is -0.122. The number of nitrogens with zero attached hydrogens (tertiary/aromatic N) is 4. The topological polar surface area (TPSA) is 100 Å². The van der Waals surface area contributed by atoms with Crippen molar-refractivity contribution in [3.8, 4) is 0 Å². The van der Waals surface area contributed by atoms with E-state index in [4.69, 9.17) is 5.11 Å². The van der Waals surface area contributed by atoms with Gasteiger partial charge in [-0.1, -0.05) is 5.21 Å². The maximum Gasteiger partial charge on any atom is 0.358 e. The lowest BCUT2D eigenvalue weighted by atomic mass is 10.3. The average molecular weight is 281 g/mol. The molecule has 1 unspecified atom stereocenters. The number of carboxylic acids is 1. The summed E-state index contributed by atoms with van der Waals surface area (Å²) in [6.07, 6.45) is 3.68. The van der Waals surface area contributed by atoms with Crippen molar-refractivity contribution in [2.24, 2.45) is 0 Å². The lowest BCUT2D eigenvalue weighted by Crippen LogP contribution is -2.41. The Morgan fingerprint density at radius 1 is 1.45 bits per heavy atom. The van der Waals surface area contributed by atoms with Crippen molar-refractivity contribution in [2.45, 2.75) is 32.4 Å². The molecule has 2 heterocycles. The molecular weight excluding hydrogens is 262 g/mol. The number of amides is 1. The summed E-state index contributed by atoms with van der Waals surface area (Å²) in [5.41, 5.74) is -0.164. The van der Waals surface area contributed by atoms with Gasteiger partial charge >= 0.3 is 5.97 Å². The molecule has 0 aromatic carbocycles. The van der Waals surface area contributed by atoms with Crippen molar-refractivity contribution in [3.05, 3.63) is 11.9 Å². The molecule has 20 heavy (non-hydrogen) atoms. The van der Waals surface area contributed by atoms with Crippen molar-refractivity contribution in [2.75, 3.05) is 19.6 Å². The van der Waals surface area contributed by atoms with Gasteiger partial charge in [0.25, 0.3) is 0 Å². The van der Waals surface area contributed by atoms with E-state index in [0.717, 1.165) is 13.1 Å². The summed E-state index contributed by atoms with van der Waals surface area (Å²) in [6, 6.07) is 0.312. The molecule has 0 radical (unpaired) electrons. The van der Waals surface area contributed by atoms with E-state index in [1.165, 1.54) is 23.7 Å². The number of carbonyl (C=O) groups is 2. The summed E-state index contributed by atoms with van der Waals surface area (Å²) in [4.78, 5) is 24.7. The summed E-state index contributed by atoms with van der Waals surface area (Å²) in [5.74, 6) is -1.35. The van der Waals surface area contributed by atoms with Gasteiger partial charge in [0.1, 0.15) is 6.54 Å². The van der Waals surface area contributed by atoms with Gasteiger partial charge in [-0.2, -0.15) is 0 Å². The largest absolute Gasteiger partial charge is 0.476 e. The van der Waals surface area contributed by atoms with E-state index in [0.29, 0.717) is 12.6 Å². The van der Waals surface area contributed by atoms with Crippen LogP contribution < -0.4 is 5.32 Å². The van der Waals surface area contributed by atoms with Crippen LogP contribution in [0.4, 0.5) is 0 Å². The number of carboxylic acid groups (broad SMARTS) is 1. The third-order valence-electron chi connectivity index (χ3n) is 3.42. The van der Waals surface area contributed by atoms with Crippen molar-refractivity contribution < 1.29 is 14.7 Å². The quantitative estimate of drug-likeness (QED) is 0.734. The molecule has 1 saturated heterocycles. The first-order chi connectivity index (χ1) is 9.56. The summed E-state index contributed by atoms with van der Waals surface area (Å²) in [6.45, 7) is 4.82. The van der Waals surface area contributed by atoms with Gasteiger partial charge in [-0.05, 0) is 32.9 Å². The fourth-order valence-electron chi connectivity index (χ4n) is 2.25. The van der Waals surface area contributed by atoms with Crippen LogP contribution in [0.25, 0.3) is 0 Å². The minimum atomic E-state index is -1.15. The molecule has 8 heteroatoms. The van der Waals surface area contributed by atoms with E-state index in [9.17, 15) is 9.59 Å². The van der Waals surface area contributed by atoms with Crippen LogP contribution in [0.3, 0.4) is 0 Å². The van der Waals surface area contributed by atoms with E-state index in [1.54, 1.807) is 0 Å². The van der Waals surface area contributed by atoms with Gasteiger partial charge in [-0.15, -0.1) is 5.10 Å². The van der Waals surface area contributed by atoms with Crippen LogP contribution in [0, 0.1) is 0 Å². The number of aromatic nitrogens is 3. The van der Waals surface area contributed by atoms with Crippen LogP contribution in [-0.2, 0) is 11.3 Å². The van der Waals surface area contributed by atoms with Crippen molar-refractivity contribution >= 4 is 11.9 Å². The van der Waals surface area contributed by atoms with Gasteiger partial charge in [-0.25, -0.2) is 9.48 Å². The predicted octanol–water partition coefficient (Wildman–Crippen LogP) is -0.423. The zero-order valence-corrected chi connectivity index (χ0v) is 11.4. The van der Waals surface area contributed by atoms with Gasteiger partial charge in [-0.3, -0.25) is 9.69 Å². The van der Waals surface area contributed by atoms with Crippen LogP contribution in [0.2, 0.25) is 0 Å². The van der Waals surface area contributed by atoms with Gasteiger partial charge < -0.3 is 10.4 Å². The zero-order chi connectivity index (χ0) is 14.5. The molecule has 1 fully saturated rings. The summed E-state index contributed by atoms with van der Waals surface area (Å²) in [5, 5.41) is 18.6. The predicted molar refractivity (Wildman–Crippen MR) is 70.3 cm³/mol. The monoisotopic (exact) mass is 281 g/mol. The Labute approximate surface area is 116 Å². The van der Waals surface area contributed by atoms with E-state index < -0.39 is 5.97 Å². The highest BCUT2D eigenvalue weighted by molar-refractivity contribution is 5.84. The molecule has 1 amide bonds. The molecule has 110 valence electrons. The molecule has 2 N–H and O–H groups in total. The van der Waals surface area contributed by atoms with Crippen LogP contribution in [0.15, 0.2) is 6.20 Å². The minimum absolute atomic E-state index is 0.0208. The molecule has 8 nitrogen and oxygen atoms in total. The molecule has 1 atom stereocenters. The third-order valence-corrected chi connectivity index (χ3v) is 3.42. The molecule has 0 saturated carbocycles. The highest BCUT2D eigenvalue weighted by Crippen LogP contribution is 2.10. The van der Waals surface area contributed by atoms with Gasteiger partial charge in [0.2, 0.25) is 5.91 Å². The Morgan fingerprint density at radius 3 is 2.75 bits per heavy atom. The van der Waals surface area contributed by atoms with Gasteiger partial charge in [0.15, 0.2) is 5.69 Å². The maximum absolute atomic E-state index is 11.7. The first-order valence-corrected chi connectivity index (χ1v) is 6.70. The molecular formula is C12H19N5O3. The molecule has 1 aliphatic rings. The average Bonchev–Trinajstić information content (AvgIpc) is 3.06. The summed E-state index contributed by atoms with van der Waals surface area (Å²) < 4.78 is 1.22. The normalized spacial score (nSPS) is 17.1. The van der Waals surface area contributed by atoms with E-state index in [-0.39, 0.29) is 18.1 Å². The molecule has 0 aliphatic carbocycles. The number of nitrogens with one attached hydrogen (secondary N) is 1. The number of hydrogen-bond donors (Lipinski definition) is 2. The summed E-state index contributed by atoms with van der Waals surface area (Å²) in [7, 11) is 0. The van der Waals surface area contributed by atoms with Crippen molar-refractivity contribution in [3.63, 3.8) is 0 Å². The van der Waals surface area contributed by atoms with Crippen LogP contribution in [0.1, 0.15) is 30.3 Å². The second-order valence-electron chi connectivity index (χ2n) is 5.00. The molecule has 0 bridgehead atoms. The van der Waals surface area contributed by atoms with Gasteiger partial charge in [0.05, 0.1) is 6.20 Å². The molecule has 1 aromatic heterocycles. The standard InChI is InChI=1S/C12H19N5O3/c1-9(16-4-2-3-5-16)6-13-11(18)8-17-7-10(12(19)20)14-15-17/h7,9H,2-6,8H2,1H3,(H,13,18)(H,19,20). The van der Waals surface area contributed by atoms with Crippen molar-refractivity contribution in [1.82, 2.24) is 25.2 Å². The third kappa shape index (κ3) is 3.77. The Bertz CT molecular complexity index is 481. The lowest BCUT2D eigenvalue weighted by Gasteiger charge is -2.23.